The van der Waals surface area contributed by atoms with E-state index in [-0.39, 0.29) is 5.82 Å². The molecule has 2 N–H and O–H groups in total. The van der Waals surface area contributed by atoms with Crippen molar-refractivity contribution in [3.8, 4) is 0 Å². The number of hydrogen-bond acceptors (Lipinski definition) is 4. The van der Waals surface area contributed by atoms with Gasteiger partial charge >= 0.3 is 0 Å². The van der Waals surface area contributed by atoms with Crippen LogP contribution in [0.2, 0.25) is 0 Å². The Balaban J connectivity index is 2.27. The molecule has 0 unspecified atom stereocenters. The Labute approximate surface area is 104 Å². The van der Waals surface area contributed by atoms with Crippen LogP contribution in [0.4, 0.5) is 10.2 Å². The number of nitrogen functional groups attached to an aromatic ring is 1. The molecule has 0 saturated heterocycles. The van der Waals surface area contributed by atoms with Crippen LogP contribution >= 0.6 is 27.7 Å². The highest BCUT2D eigenvalue weighted by Crippen LogP contribution is 2.33. The summed E-state index contributed by atoms with van der Waals surface area (Å²) in [7, 11) is 0. The molecule has 0 aliphatic rings. The Hall–Kier alpha value is -1.14. The highest BCUT2D eigenvalue weighted by atomic mass is 79.9. The van der Waals surface area contributed by atoms with E-state index in [1.165, 1.54) is 30.2 Å². The van der Waals surface area contributed by atoms with Gasteiger partial charge in [0.05, 0.1) is 4.47 Å². The topological polar surface area (TPSA) is 51.8 Å². The van der Waals surface area contributed by atoms with Crippen molar-refractivity contribution >= 4 is 33.5 Å². The molecule has 0 fully saturated rings. The van der Waals surface area contributed by atoms with E-state index in [2.05, 4.69) is 25.9 Å². The average molecular weight is 300 g/mol. The van der Waals surface area contributed by atoms with Gasteiger partial charge in [0, 0.05) is 4.90 Å². The molecule has 2 rings (SSSR count). The van der Waals surface area contributed by atoms with Gasteiger partial charge in [0.15, 0.2) is 0 Å². The van der Waals surface area contributed by atoms with Crippen molar-refractivity contribution in [2.24, 2.45) is 0 Å². The minimum absolute atomic E-state index is 0.259. The molecule has 0 atom stereocenters. The van der Waals surface area contributed by atoms with Crippen molar-refractivity contribution in [1.29, 1.82) is 0 Å². The first-order chi connectivity index (χ1) is 7.66. The lowest BCUT2D eigenvalue weighted by Crippen LogP contribution is -1.94. The van der Waals surface area contributed by atoms with E-state index < -0.39 is 0 Å². The van der Waals surface area contributed by atoms with Crippen LogP contribution in [0.3, 0.4) is 0 Å². The molecule has 82 valence electrons. The first-order valence-corrected chi connectivity index (χ1v) is 5.97. The van der Waals surface area contributed by atoms with Crippen LogP contribution < -0.4 is 5.73 Å². The fraction of sp³-hybridized carbons (Fsp3) is 0. The maximum atomic E-state index is 12.7. The van der Waals surface area contributed by atoms with E-state index in [1.54, 1.807) is 12.1 Å². The van der Waals surface area contributed by atoms with Crippen molar-refractivity contribution < 1.29 is 4.39 Å². The summed E-state index contributed by atoms with van der Waals surface area (Å²) in [5.41, 5.74) is 5.63. The molecule has 6 heteroatoms. The van der Waals surface area contributed by atoms with Crippen molar-refractivity contribution in [1.82, 2.24) is 9.97 Å². The van der Waals surface area contributed by atoms with Gasteiger partial charge in [0.2, 0.25) is 0 Å². The molecule has 0 amide bonds. The number of halogens is 2. The summed E-state index contributed by atoms with van der Waals surface area (Å²) in [5.74, 6) is 0.130. The molecule has 0 aliphatic heterocycles. The summed E-state index contributed by atoms with van der Waals surface area (Å²) in [6, 6.07) is 6.18. The second kappa shape index (κ2) is 4.80. The zero-order chi connectivity index (χ0) is 11.5. The second-order valence-corrected chi connectivity index (χ2v) is 4.79. The van der Waals surface area contributed by atoms with Crippen LogP contribution in [0.15, 0.2) is 45.0 Å². The van der Waals surface area contributed by atoms with Gasteiger partial charge in [-0.2, -0.15) is 0 Å². The molecule has 16 heavy (non-hydrogen) atoms. The Morgan fingerprint density at radius 1 is 1.19 bits per heavy atom. The highest BCUT2D eigenvalue weighted by molar-refractivity contribution is 9.10. The third kappa shape index (κ3) is 2.51. The van der Waals surface area contributed by atoms with Gasteiger partial charge in [-0.3, -0.25) is 0 Å². The molecule has 0 bridgehead atoms. The summed E-state index contributed by atoms with van der Waals surface area (Å²) in [6.45, 7) is 0. The number of hydrogen-bond donors (Lipinski definition) is 1. The highest BCUT2D eigenvalue weighted by Gasteiger charge is 2.07. The van der Waals surface area contributed by atoms with E-state index in [9.17, 15) is 4.39 Å². The van der Waals surface area contributed by atoms with Crippen LogP contribution in [0.1, 0.15) is 0 Å². The normalized spacial score (nSPS) is 10.4. The summed E-state index contributed by atoms with van der Waals surface area (Å²) >= 11 is 4.70. The fourth-order valence-corrected chi connectivity index (χ4v) is 2.29. The quantitative estimate of drug-likeness (QED) is 0.866. The largest absolute Gasteiger partial charge is 0.383 e. The van der Waals surface area contributed by atoms with Crippen molar-refractivity contribution in [3.63, 3.8) is 0 Å². The Bertz CT molecular complexity index is 504. The summed E-state index contributed by atoms with van der Waals surface area (Å²) in [6.07, 6.45) is 1.39. The van der Waals surface area contributed by atoms with Crippen molar-refractivity contribution in [3.05, 3.63) is 40.9 Å². The fourth-order valence-electron chi connectivity index (χ4n) is 1.05. The number of nitrogens with zero attached hydrogens (tertiary/aromatic N) is 2. The number of anilines is 1. The molecule has 0 spiro atoms. The van der Waals surface area contributed by atoms with E-state index in [1.807, 2.05) is 0 Å². The van der Waals surface area contributed by atoms with E-state index in [4.69, 9.17) is 5.73 Å². The lowest BCUT2D eigenvalue weighted by Gasteiger charge is -2.04. The van der Waals surface area contributed by atoms with Crippen LogP contribution in [0.25, 0.3) is 0 Å². The first-order valence-electron chi connectivity index (χ1n) is 4.36. The Morgan fingerprint density at radius 3 is 2.56 bits per heavy atom. The zero-order valence-electron chi connectivity index (χ0n) is 8.02. The molecular formula is C10H7BrFN3S. The standard InChI is InChI=1S/C10H7BrFN3S/c11-8-9(13)14-5-15-10(8)16-7-3-1-6(12)2-4-7/h1-5H,(H2,13,14,15). The minimum atomic E-state index is -0.259. The van der Waals surface area contributed by atoms with Gasteiger partial charge in [0.25, 0.3) is 0 Å². The minimum Gasteiger partial charge on any atom is -0.383 e. The predicted octanol–water partition coefficient (Wildman–Crippen LogP) is 3.11. The second-order valence-electron chi connectivity index (χ2n) is 2.93. The maximum Gasteiger partial charge on any atom is 0.142 e. The molecule has 1 aromatic carbocycles. The van der Waals surface area contributed by atoms with Gasteiger partial charge in [-0.05, 0) is 40.2 Å². The lowest BCUT2D eigenvalue weighted by atomic mass is 10.4. The summed E-state index contributed by atoms with van der Waals surface area (Å²) in [4.78, 5) is 8.82. The van der Waals surface area contributed by atoms with E-state index >= 15 is 0 Å². The van der Waals surface area contributed by atoms with Gasteiger partial charge in [-0.15, -0.1) is 0 Å². The third-order valence-corrected chi connectivity index (χ3v) is 3.87. The Morgan fingerprint density at radius 2 is 1.88 bits per heavy atom. The van der Waals surface area contributed by atoms with Crippen molar-refractivity contribution in [2.75, 3.05) is 5.73 Å². The molecule has 2 aromatic rings. The SMILES string of the molecule is Nc1ncnc(Sc2ccc(F)cc2)c1Br. The molecule has 0 aliphatic carbocycles. The number of rotatable bonds is 2. The van der Waals surface area contributed by atoms with Crippen LogP contribution in [0.5, 0.6) is 0 Å². The molecule has 3 nitrogen and oxygen atoms in total. The smallest absolute Gasteiger partial charge is 0.142 e. The maximum absolute atomic E-state index is 12.7. The lowest BCUT2D eigenvalue weighted by molar-refractivity contribution is 0.626. The van der Waals surface area contributed by atoms with Gasteiger partial charge in [-0.25, -0.2) is 14.4 Å². The van der Waals surface area contributed by atoms with Crippen molar-refractivity contribution in [2.45, 2.75) is 9.92 Å². The van der Waals surface area contributed by atoms with Crippen LogP contribution in [-0.4, -0.2) is 9.97 Å². The monoisotopic (exact) mass is 299 g/mol. The average Bonchev–Trinajstić information content (AvgIpc) is 2.28. The Kier molecular flexibility index (Phi) is 3.40. The first kappa shape index (κ1) is 11.3. The summed E-state index contributed by atoms with van der Waals surface area (Å²) < 4.78 is 13.4. The van der Waals surface area contributed by atoms with Gasteiger partial charge < -0.3 is 5.73 Å². The number of nitrogens with two attached hydrogens (primary N) is 1. The van der Waals surface area contributed by atoms with E-state index in [0.29, 0.717) is 15.3 Å². The summed E-state index contributed by atoms with van der Waals surface area (Å²) in [5, 5.41) is 0.708. The predicted molar refractivity (Wildman–Crippen MR) is 64.7 cm³/mol. The molecular weight excluding hydrogens is 293 g/mol. The molecule has 1 aromatic heterocycles. The van der Waals surface area contributed by atoms with Gasteiger partial charge in [0.1, 0.15) is 23.0 Å². The molecule has 1 heterocycles. The third-order valence-electron chi connectivity index (χ3n) is 1.81. The van der Waals surface area contributed by atoms with E-state index in [0.717, 1.165) is 4.90 Å². The van der Waals surface area contributed by atoms with Crippen LogP contribution in [0, 0.1) is 5.82 Å². The number of benzene rings is 1. The van der Waals surface area contributed by atoms with Gasteiger partial charge in [-0.1, -0.05) is 11.8 Å². The molecule has 0 saturated carbocycles. The zero-order valence-corrected chi connectivity index (χ0v) is 10.4. The van der Waals surface area contributed by atoms with Crippen LogP contribution in [-0.2, 0) is 0 Å². The molecule has 0 radical (unpaired) electrons. The number of aromatic nitrogens is 2.